The highest BCUT2D eigenvalue weighted by Gasteiger charge is 2.27. The Balaban J connectivity index is 2.36. The molecular formula is C14H30N4O. The number of carbonyl (C=O) groups is 1. The molecule has 0 aromatic carbocycles. The van der Waals surface area contributed by atoms with Crippen LogP contribution in [0, 0.1) is 0 Å². The van der Waals surface area contributed by atoms with E-state index in [2.05, 4.69) is 15.1 Å². The van der Waals surface area contributed by atoms with Crippen LogP contribution in [0.15, 0.2) is 0 Å². The molecule has 1 atom stereocenters. The summed E-state index contributed by atoms with van der Waals surface area (Å²) in [5, 5.41) is 3.05. The van der Waals surface area contributed by atoms with E-state index in [-0.39, 0.29) is 17.5 Å². The summed E-state index contributed by atoms with van der Waals surface area (Å²) in [5.41, 5.74) is 5.37. The van der Waals surface area contributed by atoms with Crippen LogP contribution in [0.2, 0.25) is 0 Å². The van der Waals surface area contributed by atoms with E-state index in [9.17, 15) is 4.79 Å². The van der Waals surface area contributed by atoms with Crippen molar-refractivity contribution < 1.29 is 4.79 Å². The highest BCUT2D eigenvalue weighted by molar-refractivity contribution is 5.81. The minimum atomic E-state index is -0.158. The topological polar surface area (TPSA) is 61.6 Å². The minimum absolute atomic E-state index is 0.0455. The summed E-state index contributed by atoms with van der Waals surface area (Å²) in [6, 6.07) is -0.0455. The Morgan fingerprint density at radius 1 is 1.26 bits per heavy atom. The van der Waals surface area contributed by atoms with E-state index >= 15 is 0 Å². The van der Waals surface area contributed by atoms with Crippen molar-refractivity contribution in [1.82, 2.24) is 15.1 Å². The molecule has 0 saturated carbocycles. The fourth-order valence-electron chi connectivity index (χ4n) is 2.33. The molecule has 0 radical (unpaired) electrons. The first kappa shape index (κ1) is 16.4. The predicted octanol–water partition coefficient (Wildman–Crippen LogP) is 0.256. The number of nitrogens with one attached hydrogen (secondary N) is 1. The van der Waals surface area contributed by atoms with Gasteiger partial charge < -0.3 is 16.0 Å². The summed E-state index contributed by atoms with van der Waals surface area (Å²) >= 11 is 0. The van der Waals surface area contributed by atoms with Crippen molar-refractivity contribution in [3.63, 3.8) is 0 Å². The molecule has 112 valence electrons. The molecule has 0 aliphatic carbocycles. The van der Waals surface area contributed by atoms with Crippen LogP contribution in [0.1, 0.15) is 34.1 Å². The SMILES string of the molecule is CC(C(=O)NC(C)(C)C)N1CCN(CCCN)CC1. The van der Waals surface area contributed by atoms with Crippen LogP contribution < -0.4 is 11.1 Å². The van der Waals surface area contributed by atoms with Gasteiger partial charge in [0.1, 0.15) is 0 Å². The molecule has 0 aromatic heterocycles. The summed E-state index contributed by atoms with van der Waals surface area (Å²) in [4.78, 5) is 16.8. The zero-order valence-electron chi connectivity index (χ0n) is 12.9. The van der Waals surface area contributed by atoms with E-state index in [0.717, 1.165) is 45.7 Å². The molecule has 1 aliphatic rings. The molecule has 1 rings (SSSR count). The Kier molecular flexibility index (Phi) is 6.23. The van der Waals surface area contributed by atoms with E-state index in [1.807, 2.05) is 27.7 Å². The van der Waals surface area contributed by atoms with E-state index < -0.39 is 0 Å². The van der Waals surface area contributed by atoms with Crippen LogP contribution in [-0.2, 0) is 4.79 Å². The van der Waals surface area contributed by atoms with Crippen LogP contribution in [-0.4, -0.2) is 66.6 Å². The van der Waals surface area contributed by atoms with Gasteiger partial charge >= 0.3 is 0 Å². The Morgan fingerprint density at radius 2 is 1.84 bits per heavy atom. The third-order valence-corrected chi connectivity index (χ3v) is 3.51. The third kappa shape index (κ3) is 5.89. The van der Waals surface area contributed by atoms with Crippen molar-refractivity contribution in [3.8, 4) is 0 Å². The molecule has 1 heterocycles. The smallest absolute Gasteiger partial charge is 0.237 e. The molecule has 1 amide bonds. The minimum Gasteiger partial charge on any atom is -0.350 e. The highest BCUT2D eigenvalue weighted by Crippen LogP contribution is 2.08. The lowest BCUT2D eigenvalue weighted by molar-refractivity contribution is -0.128. The molecule has 0 bridgehead atoms. The molecule has 1 saturated heterocycles. The fraction of sp³-hybridized carbons (Fsp3) is 0.929. The van der Waals surface area contributed by atoms with Gasteiger partial charge in [0.2, 0.25) is 5.91 Å². The quantitative estimate of drug-likeness (QED) is 0.752. The first-order chi connectivity index (χ1) is 8.83. The van der Waals surface area contributed by atoms with Gasteiger partial charge in [-0.25, -0.2) is 0 Å². The second kappa shape index (κ2) is 7.22. The van der Waals surface area contributed by atoms with Crippen LogP contribution >= 0.6 is 0 Å². The first-order valence-electron chi connectivity index (χ1n) is 7.32. The number of nitrogens with two attached hydrogens (primary N) is 1. The van der Waals surface area contributed by atoms with Crippen molar-refractivity contribution in [2.75, 3.05) is 39.3 Å². The molecule has 1 aliphatic heterocycles. The monoisotopic (exact) mass is 270 g/mol. The second-order valence-corrected chi connectivity index (χ2v) is 6.44. The Hall–Kier alpha value is -0.650. The number of piperazine rings is 1. The number of amides is 1. The Bertz CT molecular complexity index is 280. The first-order valence-corrected chi connectivity index (χ1v) is 7.32. The van der Waals surface area contributed by atoms with Crippen molar-refractivity contribution in [3.05, 3.63) is 0 Å². The van der Waals surface area contributed by atoms with Gasteiger partial charge in [0.05, 0.1) is 6.04 Å². The van der Waals surface area contributed by atoms with Gasteiger partial charge in [-0.15, -0.1) is 0 Å². The van der Waals surface area contributed by atoms with Crippen LogP contribution in [0.3, 0.4) is 0 Å². The molecule has 5 heteroatoms. The van der Waals surface area contributed by atoms with Crippen molar-refractivity contribution in [1.29, 1.82) is 0 Å². The zero-order valence-corrected chi connectivity index (χ0v) is 12.9. The summed E-state index contributed by atoms with van der Waals surface area (Å²) in [5.74, 6) is 0.128. The summed E-state index contributed by atoms with van der Waals surface area (Å²) in [7, 11) is 0. The van der Waals surface area contributed by atoms with E-state index in [0.29, 0.717) is 0 Å². The van der Waals surface area contributed by atoms with E-state index in [4.69, 9.17) is 5.73 Å². The van der Waals surface area contributed by atoms with Crippen molar-refractivity contribution >= 4 is 5.91 Å². The fourth-order valence-corrected chi connectivity index (χ4v) is 2.33. The maximum Gasteiger partial charge on any atom is 0.237 e. The molecular weight excluding hydrogens is 240 g/mol. The van der Waals surface area contributed by atoms with Crippen LogP contribution in [0.25, 0.3) is 0 Å². The van der Waals surface area contributed by atoms with Crippen molar-refractivity contribution in [2.45, 2.75) is 45.7 Å². The molecule has 19 heavy (non-hydrogen) atoms. The molecule has 0 spiro atoms. The predicted molar refractivity (Wildman–Crippen MR) is 79.0 cm³/mol. The van der Waals surface area contributed by atoms with Gasteiger partial charge in [-0.2, -0.15) is 0 Å². The average molecular weight is 270 g/mol. The largest absolute Gasteiger partial charge is 0.350 e. The maximum atomic E-state index is 12.1. The molecule has 0 aromatic rings. The maximum absolute atomic E-state index is 12.1. The van der Waals surface area contributed by atoms with Crippen molar-refractivity contribution in [2.24, 2.45) is 5.73 Å². The lowest BCUT2D eigenvalue weighted by atomic mass is 10.1. The van der Waals surface area contributed by atoms with Gasteiger partial charge in [-0.05, 0) is 47.2 Å². The molecule has 1 fully saturated rings. The number of hydrogen-bond donors (Lipinski definition) is 2. The second-order valence-electron chi connectivity index (χ2n) is 6.44. The summed E-state index contributed by atoms with van der Waals surface area (Å²) < 4.78 is 0. The number of hydrogen-bond acceptors (Lipinski definition) is 4. The van der Waals surface area contributed by atoms with Gasteiger partial charge in [-0.1, -0.05) is 0 Å². The number of nitrogens with zero attached hydrogens (tertiary/aromatic N) is 2. The normalized spacial score (nSPS) is 20.3. The summed E-state index contributed by atoms with van der Waals surface area (Å²) in [6.45, 7) is 13.9. The molecule has 1 unspecified atom stereocenters. The average Bonchev–Trinajstić information content (AvgIpc) is 2.34. The van der Waals surface area contributed by atoms with Gasteiger partial charge in [-0.3, -0.25) is 9.69 Å². The lowest BCUT2D eigenvalue weighted by Gasteiger charge is -2.38. The Labute approximate surface area is 117 Å². The zero-order chi connectivity index (χ0) is 14.5. The summed E-state index contributed by atoms with van der Waals surface area (Å²) in [6.07, 6.45) is 1.06. The third-order valence-electron chi connectivity index (χ3n) is 3.51. The number of carbonyl (C=O) groups excluding carboxylic acids is 1. The van der Waals surface area contributed by atoms with E-state index in [1.54, 1.807) is 0 Å². The standard InChI is InChI=1S/C14H30N4O/c1-12(13(19)16-14(2,3)4)18-10-8-17(9-11-18)7-5-6-15/h12H,5-11,15H2,1-4H3,(H,16,19). The van der Waals surface area contributed by atoms with Gasteiger partial charge in [0.15, 0.2) is 0 Å². The molecule has 5 nitrogen and oxygen atoms in total. The molecule has 3 N–H and O–H groups in total. The Morgan fingerprint density at radius 3 is 2.32 bits per heavy atom. The van der Waals surface area contributed by atoms with Gasteiger partial charge in [0.25, 0.3) is 0 Å². The highest BCUT2D eigenvalue weighted by atomic mass is 16.2. The van der Waals surface area contributed by atoms with E-state index in [1.165, 1.54) is 0 Å². The van der Waals surface area contributed by atoms with Gasteiger partial charge in [0, 0.05) is 31.7 Å². The number of rotatable bonds is 5. The lowest BCUT2D eigenvalue weighted by Crippen LogP contribution is -2.56. The van der Waals surface area contributed by atoms with Crippen LogP contribution in [0.5, 0.6) is 0 Å². The van der Waals surface area contributed by atoms with Crippen LogP contribution in [0.4, 0.5) is 0 Å².